The summed E-state index contributed by atoms with van der Waals surface area (Å²) in [5, 5.41) is 5.24. The maximum absolute atomic E-state index is 12.4. The Balaban J connectivity index is 1.49. The van der Waals surface area contributed by atoms with Crippen LogP contribution in [0.4, 0.5) is 5.69 Å². The Morgan fingerprint density at radius 1 is 1.03 bits per heavy atom. The molecular formula is C26H26N4O3. The van der Waals surface area contributed by atoms with E-state index in [4.69, 9.17) is 15.2 Å². The summed E-state index contributed by atoms with van der Waals surface area (Å²) in [6.45, 7) is 3.21. The van der Waals surface area contributed by atoms with E-state index in [-0.39, 0.29) is 5.91 Å². The van der Waals surface area contributed by atoms with Gasteiger partial charge in [-0.3, -0.25) is 4.79 Å². The molecule has 168 valence electrons. The summed E-state index contributed by atoms with van der Waals surface area (Å²) in [5.74, 6) is 1.23. The first kappa shape index (κ1) is 22.0. The van der Waals surface area contributed by atoms with E-state index < -0.39 is 0 Å². The molecule has 0 aliphatic rings. The van der Waals surface area contributed by atoms with Gasteiger partial charge in [-0.05, 0) is 49.4 Å². The van der Waals surface area contributed by atoms with Crippen LogP contribution in [0, 0.1) is 6.92 Å². The number of nitrogen functional groups attached to an aromatic ring is 1. The first-order valence-electron chi connectivity index (χ1n) is 10.6. The van der Waals surface area contributed by atoms with Gasteiger partial charge >= 0.3 is 0 Å². The smallest absolute Gasteiger partial charge is 0.273 e. The lowest BCUT2D eigenvalue weighted by Gasteiger charge is -2.11. The predicted octanol–water partition coefficient (Wildman–Crippen LogP) is 4.38. The van der Waals surface area contributed by atoms with Crippen LogP contribution in [0.1, 0.15) is 21.6 Å². The number of ether oxygens (including phenoxy) is 2. The summed E-state index contributed by atoms with van der Waals surface area (Å²) in [6, 6.07) is 22.5. The van der Waals surface area contributed by atoms with Gasteiger partial charge in [0.25, 0.3) is 5.91 Å². The zero-order valence-electron chi connectivity index (χ0n) is 18.6. The van der Waals surface area contributed by atoms with Crippen LogP contribution in [0.3, 0.4) is 0 Å². The number of carbonyl (C=O) groups excluding carboxylic acids is 1. The molecule has 3 aromatic carbocycles. The highest BCUT2D eigenvalue weighted by molar-refractivity contribution is 6.03. The molecule has 33 heavy (non-hydrogen) atoms. The molecule has 1 amide bonds. The topological polar surface area (TPSA) is 90.9 Å². The van der Waals surface area contributed by atoms with Gasteiger partial charge in [-0.1, -0.05) is 30.3 Å². The van der Waals surface area contributed by atoms with Crippen LogP contribution in [0.15, 0.2) is 77.9 Å². The maximum atomic E-state index is 12.4. The van der Waals surface area contributed by atoms with Gasteiger partial charge < -0.3 is 19.8 Å². The molecule has 3 N–H and O–H groups in total. The zero-order chi connectivity index (χ0) is 23.2. The largest absolute Gasteiger partial charge is 0.497 e. The quantitative estimate of drug-likeness (QED) is 0.241. The van der Waals surface area contributed by atoms with Crippen LogP contribution >= 0.6 is 0 Å². The fourth-order valence-electron chi connectivity index (χ4n) is 3.76. The number of fused-ring (bicyclic) bond motifs is 1. The Morgan fingerprint density at radius 2 is 1.73 bits per heavy atom. The lowest BCUT2D eigenvalue weighted by molar-refractivity contribution is 0.0956. The number of hydrazone groups is 1. The Labute approximate surface area is 192 Å². The zero-order valence-corrected chi connectivity index (χ0v) is 18.6. The van der Waals surface area contributed by atoms with Crippen molar-refractivity contribution in [1.82, 2.24) is 9.99 Å². The molecule has 1 heterocycles. The Kier molecular flexibility index (Phi) is 6.59. The van der Waals surface area contributed by atoms with Crippen LogP contribution in [-0.2, 0) is 6.54 Å². The van der Waals surface area contributed by atoms with Gasteiger partial charge in [-0.2, -0.15) is 5.10 Å². The Bertz CT molecular complexity index is 1290. The minimum atomic E-state index is -0.348. The number of aromatic nitrogens is 1. The fraction of sp³-hybridized carbons (Fsp3) is 0.154. The van der Waals surface area contributed by atoms with E-state index in [1.165, 1.54) is 0 Å². The summed E-state index contributed by atoms with van der Waals surface area (Å²) in [4.78, 5) is 12.4. The highest BCUT2D eigenvalue weighted by atomic mass is 16.5. The van der Waals surface area contributed by atoms with E-state index in [1.807, 2.05) is 49.4 Å². The molecule has 7 heteroatoms. The summed E-state index contributed by atoms with van der Waals surface area (Å²) in [7, 11) is 1.64. The van der Waals surface area contributed by atoms with Gasteiger partial charge in [0.1, 0.15) is 18.1 Å². The molecule has 0 saturated heterocycles. The summed E-state index contributed by atoms with van der Waals surface area (Å²) < 4.78 is 13.3. The van der Waals surface area contributed by atoms with E-state index in [1.54, 1.807) is 37.6 Å². The molecule has 0 spiro atoms. The average Bonchev–Trinajstić information content (AvgIpc) is 3.11. The molecule has 4 aromatic rings. The van der Waals surface area contributed by atoms with E-state index in [0.717, 1.165) is 33.7 Å². The van der Waals surface area contributed by atoms with Crippen molar-refractivity contribution in [1.29, 1.82) is 0 Å². The number of methoxy groups -OCH3 is 1. The lowest BCUT2D eigenvalue weighted by Crippen LogP contribution is -2.19. The summed E-state index contributed by atoms with van der Waals surface area (Å²) in [6.07, 6.45) is 1.68. The van der Waals surface area contributed by atoms with Gasteiger partial charge in [0, 0.05) is 27.8 Å². The first-order valence-corrected chi connectivity index (χ1v) is 10.6. The van der Waals surface area contributed by atoms with Crippen molar-refractivity contribution in [3.63, 3.8) is 0 Å². The number of nitrogens with zero attached hydrogens (tertiary/aromatic N) is 2. The number of hydrogen-bond donors (Lipinski definition) is 2. The van der Waals surface area contributed by atoms with Crippen LogP contribution in [0.5, 0.6) is 11.5 Å². The van der Waals surface area contributed by atoms with Gasteiger partial charge in [0.2, 0.25) is 0 Å². The molecule has 0 unspecified atom stereocenters. The molecule has 0 aliphatic heterocycles. The van der Waals surface area contributed by atoms with E-state index in [9.17, 15) is 4.79 Å². The van der Waals surface area contributed by atoms with Crippen LogP contribution in [-0.4, -0.2) is 30.4 Å². The monoisotopic (exact) mass is 442 g/mol. The predicted molar refractivity (Wildman–Crippen MR) is 131 cm³/mol. The van der Waals surface area contributed by atoms with Crippen molar-refractivity contribution in [2.24, 2.45) is 5.10 Å². The van der Waals surface area contributed by atoms with E-state index in [2.05, 4.69) is 21.2 Å². The third-order valence-electron chi connectivity index (χ3n) is 5.49. The number of anilines is 1. The molecule has 0 saturated carbocycles. The van der Waals surface area contributed by atoms with Gasteiger partial charge in [-0.15, -0.1) is 0 Å². The standard InChI is InChI=1S/C26H26N4O3/c1-18-23(17-28-29-26(31)22-8-3-5-9-24(22)27)21-7-4-6-10-25(21)30(18)15-16-33-20-13-11-19(32-2)12-14-20/h3-14,17H,15-16,27H2,1-2H3,(H,29,31)/b28-17+. The molecule has 1 aromatic heterocycles. The summed E-state index contributed by atoms with van der Waals surface area (Å²) in [5.41, 5.74) is 12.3. The average molecular weight is 443 g/mol. The number of hydrogen-bond acceptors (Lipinski definition) is 5. The Hall–Kier alpha value is -4.26. The number of rotatable bonds is 8. The number of para-hydroxylation sites is 2. The van der Waals surface area contributed by atoms with E-state index in [0.29, 0.717) is 24.4 Å². The third kappa shape index (κ3) is 4.82. The maximum Gasteiger partial charge on any atom is 0.273 e. The van der Waals surface area contributed by atoms with E-state index >= 15 is 0 Å². The molecule has 0 aliphatic carbocycles. The third-order valence-corrected chi connectivity index (χ3v) is 5.49. The SMILES string of the molecule is COc1ccc(OCCn2c(C)c(/C=N/NC(=O)c3ccccc3N)c3ccccc32)cc1. The van der Waals surface area contributed by atoms with Gasteiger partial charge in [0.05, 0.1) is 25.4 Å². The second-order valence-corrected chi connectivity index (χ2v) is 7.48. The highest BCUT2D eigenvalue weighted by Gasteiger charge is 2.13. The lowest BCUT2D eigenvalue weighted by atomic mass is 10.1. The number of nitrogens with two attached hydrogens (primary N) is 1. The van der Waals surface area contributed by atoms with Gasteiger partial charge in [0.15, 0.2) is 0 Å². The van der Waals surface area contributed by atoms with Crippen molar-refractivity contribution in [2.75, 3.05) is 19.5 Å². The second-order valence-electron chi connectivity index (χ2n) is 7.48. The fourth-order valence-corrected chi connectivity index (χ4v) is 3.76. The number of carbonyl (C=O) groups is 1. The molecule has 0 fully saturated rings. The normalized spacial score (nSPS) is 11.1. The second kappa shape index (κ2) is 9.91. The van der Waals surface area contributed by atoms with Crippen LogP contribution < -0.4 is 20.6 Å². The molecule has 0 radical (unpaired) electrons. The number of amides is 1. The number of nitrogens with one attached hydrogen (secondary N) is 1. The summed E-state index contributed by atoms with van der Waals surface area (Å²) >= 11 is 0. The van der Waals surface area contributed by atoms with Crippen LogP contribution in [0.25, 0.3) is 10.9 Å². The van der Waals surface area contributed by atoms with Crippen molar-refractivity contribution >= 4 is 28.7 Å². The molecular weight excluding hydrogens is 416 g/mol. The minimum absolute atomic E-state index is 0.348. The van der Waals surface area contributed by atoms with Crippen molar-refractivity contribution in [3.05, 3.63) is 89.6 Å². The molecule has 0 atom stereocenters. The van der Waals surface area contributed by atoms with Crippen LogP contribution in [0.2, 0.25) is 0 Å². The van der Waals surface area contributed by atoms with Crippen molar-refractivity contribution in [3.8, 4) is 11.5 Å². The highest BCUT2D eigenvalue weighted by Crippen LogP contribution is 2.25. The molecule has 0 bridgehead atoms. The van der Waals surface area contributed by atoms with Crippen molar-refractivity contribution in [2.45, 2.75) is 13.5 Å². The van der Waals surface area contributed by atoms with Crippen molar-refractivity contribution < 1.29 is 14.3 Å². The first-order chi connectivity index (χ1) is 16.1. The molecule has 4 rings (SSSR count). The van der Waals surface area contributed by atoms with Gasteiger partial charge in [-0.25, -0.2) is 5.43 Å². The minimum Gasteiger partial charge on any atom is -0.497 e. The number of benzene rings is 3. The Morgan fingerprint density at radius 3 is 2.48 bits per heavy atom. The molecule has 7 nitrogen and oxygen atoms in total.